The van der Waals surface area contributed by atoms with Crippen molar-refractivity contribution in [1.29, 1.82) is 0 Å². The molecule has 1 heterocycles. The number of aromatic nitrogens is 1. The molecule has 1 aromatic heterocycles. The third-order valence-corrected chi connectivity index (χ3v) is 6.74. The molecule has 0 spiro atoms. The van der Waals surface area contributed by atoms with Crippen molar-refractivity contribution in [1.82, 2.24) is 31.2 Å². The molecule has 16 heteroatoms. The number of aromatic carboxylic acids is 1. The van der Waals surface area contributed by atoms with Crippen LogP contribution in [0.1, 0.15) is 75.1 Å². The Balaban J connectivity index is 3.13. The third kappa shape index (κ3) is 12.3. The lowest BCUT2D eigenvalue weighted by Crippen LogP contribution is -2.59. The highest BCUT2D eigenvalue weighted by Crippen LogP contribution is 2.21. The number of hydrogen-bond donors (Lipinski definition) is 6. The van der Waals surface area contributed by atoms with Crippen LogP contribution in [0.3, 0.4) is 0 Å². The second kappa shape index (κ2) is 17.4. The monoisotopic (exact) mass is 633 g/mol. The first-order valence-corrected chi connectivity index (χ1v) is 14.3. The fourth-order valence-corrected chi connectivity index (χ4v) is 4.38. The van der Waals surface area contributed by atoms with Crippen molar-refractivity contribution >= 4 is 47.2 Å². The Kier molecular flexibility index (Phi) is 14.8. The predicted octanol–water partition coefficient (Wildman–Crippen LogP) is -1.02. The zero-order chi connectivity index (χ0) is 34.5. The van der Waals surface area contributed by atoms with Crippen LogP contribution in [0.15, 0.2) is 18.5 Å². The molecule has 0 fully saturated rings. The van der Waals surface area contributed by atoms with Gasteiger partial charge in [-0.15, -0.1) is 0 Å². The van der Waals surface area contributed by atoms with E-state index in [9.17, 15) is 43.5 Å². The van der Waals surface area contributed by atoms with Crippen molar-refractivity contribution in [3.05, 3.63) is 29.6 Å². The van der Waals surface area contributed by atoms with E-state index in [-0.39, 0.29) is 17.0 Å². The summed E-state index contributed by atoms with van der Waals surface area (Å²) in [6.07, 6.45) is 3.26. The van der Waals surface area contributed by atoms with E-state index in [1.807, 2.05) is 13.8 Å². The largest absolute Gasteiger partial charge is 0.478 e. The summed E-state index contributed by atoms with van der Waals surface area (Å²) in [5, 5.41) is 19.1. The quantitative estimate of drug-likeness (QED) is 0.122. The summed E-state index contributed by atoms with van der Waals surface area (Å²) in [5.74, 6) is -6.74. The van der Waals surface area contributed by atoms with Crippen LogP contribution >= 0.6 is 0 Å². The van der Waals surface area contributed by atoms with Crippen LogP contribution in [0.5, 0.6) is 0 Å². The molecule has 1 rings (SSSR count). The topological polar surface area (TPSA) is 247 Å². The second-order valence-electron chi connectivity index (χ2n) is 11.5. The van der Waals surface area contributed by atoms with Gasteiger partial charge in [-0.2, -0.15) is 0 Å². The maximum absolute atomic E-state index is 13.7. The second-order valence-corrected chi connectivity index (χ2v) is 11.5. The van der Waals surface area contributed by atoms with Gasteiger partial charge < -0.3 is 37.0 Å². The molecule has 16 nitrogen and oxygen atoms in total. The molecule has 1 aromatic rings. The normalized spacial score (nSPS) is 12.3. The zero-order valence-electron chi connectivity index (χ0n) is 26.4. The van der Waals surface area contributed by atoms with Crippen LogP contribution < -0.4 is 27.0 Å². The Hall–Kier alpha value is -4.89. The summed E-state index contributed by atoms with van der Waals surface area (Å²) in [6.45, 7) is 7.61. The Bertz CT molecular complexity index is 1290. The van der Waals surface area contributed by atoms with Crippen LogP contribution in [0, 0.1) is 11.3 Å². The number of amides is 6. The van der Waals surface area contributed by atoms with Gasteiger partial charge in [0.1, 0.15) is 24.4 Å². The lowest BCUT2D eigenvalue weighted by molar-refractivity contribution is -0.144. The molecule has 248 valence electrons. The summed E-state index contributed by atoms with van der Waals surface area (Å²) in [6, 6.07) is -1.19. The van der Waals surface area contributed by atoms with Crippen LogP contribution in [-0.4, -0.2) is 100 Å². The summed E-state index contributed by atoms with van der Waals surface area (Å²) >= 11 is 0. The van der Waals surface area contributed by atoms with Crippen LogP contribution in [-0.2, 0) is 28.8 Å². The van der Waals surface area contributed by atoms with E-state index in [4.69, 9.17) is 5.73 Å². The Morgan fingerprint density at radius 1 is 0.911 bits per heavy atom. The number of rotatable bonds is 17. The van der Waals surface area contributed by atoms with Crippen molar-refractivity contribution in [2.24, 2.45) is 17.1 Å². The lowest BCUT2D eigenvalue weighted by atomic mass is 9.85. The molecule has 0 aliphatic heterocycles. The van der Waals surface area contributed by atoms with Crippen LogP contribution in [0.4, 0.5) is 0 Å². The van der Waals surface area contributed by atoms with E-state index in [2.05, 4.69) is 26.3 Å². The maximum atomic E-state index is 13.7. The average molecular weight is 634 g/mol. The van der Waals surface area contributed by atoms with Crippen molar-refractivity contribution in [3.8, 4) is 0 Å². The predicted molar refractivity (Wildman–Crippen MR) is 160 cm³/mol. The summed E-state index contributed by atoms with van der Waals surface area (Å²) < 4.78 is 0. The summed E-state index contributed by atoms with van der Waals surface area (Å²) in [4.78, 5) is 104. The molecule has 0 saturated carbocycles. The van der Waals surface area contributed by atoms with Gasteiger partial charge in [0, 0.05) is 12.4 Å². The third-order valence-electron chi connectivity index (χ3n) is 6.74. The number of pyridine rings is 1. The molecule has 0 radical (unpaired) electrons. The number of carbonyl (C=O) groups is 8. The minimum absolute atomic E-state index is 0.269. The number of primary amides is 1. The van der Waals surface area contributed by atoms with Gasteiger partial charge >= 0.3 is 5.97 Å². The molecular formula is C29H43N7O9. The van der Waals surface area contributed by atoms with Gasteiger partial charge in [0.25, 0.3) is 5.91 Å². The van der Waals surface area contributed by atoms with Gasteiger partial charge in [0.05, 0.1) is 30.8 Å². The van der Waals surface area contributed by atoms with Crippen LogP contribution in [0.25, 0.3) is 0 Å². The molecule has 6 amide bonds. The van der Waals surface area contributed by atoms with E-state index in [0.717, 1.165) is 17.2 Å². The van der Waals surface area contributed by atoms with Crippen molar-refractivity contribution < 1.29 is 43.5 Å². The first-order valence-electron chi connectivity index (χ1n) is 14.3. The van der Waals surface area contributed by atoms with Gasteiger partial charge in [-0.3, -0.25) is 38.5 Å². The van der Waals surface area contributed by atoms with E-state index in [1.165, 1.54) is 13.1 Å². The Morgan fingerprint density at radius 2 is 1.53 bits per heavy atom. The average Bonchev–Trinajstić information content (AvgIpc) is 2.95. The first kappa shape index (κ1) is 38.1. The minimum atomic E-state index is -1.36. The van der Waals surface area contributed by atoms with Gasteiger partial charge in [0.15, 0.2) is 0 Å². The number of carboxylic acid groups (broad SMARTS) is 1. The molecule has 0 bridgehead atoms. The van der Waals surface area contributed by atoms with Crippen LogP contribution in [0.2, 0.25) is 0 Å². The SMILES string of the molecule is CCC(CC)C(NC(=O)CN(CC(C)=O)C(=O)C(NC(=O)CNC(=O)c1cnccc1C(=O)O)C(C)(C)C)C(=O)NCC(N)=O. The summed E-state index contributed by atoms with van der Waals surface area (Å²) in [7, 11) is 0. The molecule has 2 unspecified atom stereocenters. The molecule has 0 aliphatic carbocycles. The van der Waals surface area contributed by atoms with E-state index >= 15 is 0 Å². The first-order chi connectivity index (χ1) is 20.9. The highest BCUT2D eigenvalue weighted by molar-refractivity contribution is 6.05. The highest BCUT2D eigenvalue weighted by Gasteiger charge is 2.37. The standard InChI is InChI=1S/C29H43N7O9/c1-7-17(8-2)23(26(42)32-12-20(30)38)34-22(40)15-36(14-16(3)37)27(43)24(29(4,5)6)35-21(39)13-33-25(41)19-11-31-10-9-18(19)28(44)45/h9-11,17,23-24H,7-8,12-15H2,1-6H3,(H2,30,38)(H,32,42)(H,33,41)(H,34,40)(H,35,39)(H,44,45). The minimum Gasteiger partial charge on any atom is -0.478 e. The molecule has 45 heavy (non-hydrogen) atoms. The van der Waals surface area contributed by atoms with E-state index in [1.54, 1.807) is 20.8 Å². The van der Waals surface area contributed by atoms with E-state index < -0.39 is 90.9 Å². The van der Waals surface area contributed by atoms with Gasteiger partial charge in [-0.1, -0.05) is 47.5 Å². The van der Waals surface area contributed by atoms with Gasteiger partial charge in [-0.05, 0) is 24.3 Å². The number of nitrogens with one attached hydrogen (secondary N) is 4. The number of carbonyl (C=O) groups excluding carboxylic acids is 7. The number of Topliss-reactive ketones (excluding diaryl/α,β-unsaturated/α-hetero) is 1. The zero-order valence-corrected chi connectivity index (χ0v) is 26.4. The molecule has 0 aliphatic rings. The Morgan fingerprint density at radius 3 is 2.04 bits per heavy atom. The van der Waals surface area contributed by atoms with E-state index in [0.29, 0.717) is 12.8 Å². The number of nitrogens with two attached hydrogens (primary N) is 1. The number of nitrogens with zero attached hydrogens (tertiary/aromatic N) is 2. The summed E-state index contributed by atoms with van der Waals surface area (Å²) in [5.41, 5.74) is 3.59. The molecule has 0 aromatic carbocycles. The van der Waals surface area contributed by atoms with Gasteiger partial charge in [-0.25, -0.2) is 4.79 Å². The number of ketones is 1. The smallest absolute Gasteiger partial charge is 0.336 e. The highest BCUT2D eigenvalue weighted by atomic mass is 16.4. The molecule has 7 N–H and O–H groups in total. The molecule has 0 saturated heterocycles. The molecule has 2 atom stereocenters. The van der Waals surface area contributed by atoms with Gasteiger partial charge in [0.2, 0.25) is 29.5 Å². The number of hydrogen-bond acceptors (Lipinski definition) is 9. The van der Waals surface area contributed by atoms with Crippen molar-refractivity contribution in [2.45, 2.75) is 66.5 Å². The number of carboxylic acids is 1. The lowest BCUT2D eigenvalue weighted by Gasteiger charge is -2.35. The fraction of sp³-hybridized carbons (Fsp3) is 0.552. The Labute approximate surface area is 261 Å². The van der Waals surface area contributed by atoms with Crippen molar-refractivity contribution in [3.63, 3.8) is 0 Å². The van der Waals surface area contributed by atoms with Crippen molar-refractivity contribution in [2.75, 3.05) is 26.2 Å². The molecular weight excluding hydrogens is 590 g/mol. The maximum Gasteiger partial charge on any atom is 0.336 e. The fourth-order valence-electron chi connectivity index (χ4n) is 4.38.